The lowest BCUT2D eigenvalue weighted by atomic mass is 9.82. The van der Waals surface area contributed by atoms with E-state index < -0.39 is 0 Å². The summed E-state index contributed by atoms with van der Waals surface area (Å²) in [4.78, 5) is 7.00. The molecule has 0 aromatic carbocycles. The summed E-state index contributed by atoms with van der Waals surface area (Å²) in [6.07, 6.45) is 9.51. The second-order valence-electron chi connectivity index (χ2n) is 8.10. The van der Waals surface area contributed by atoms with Gasteiger partial charge in [-0.3, -0.25) is 4.99 Å². The first kappa shape index (κ1) is 15.7. The molecule has 4 aliphatic rings. The minimum absolute atomic E-state index is 0.280. The van der Waals surface area contributed by atoms with Crippen molar-refractivity contribution in [1.82, 2.24) is 10.2 Å². The number of aliphatic hydroxyl groups is 1. The summed E-state index contributed by atoms with van der Waals surface area (Å²) in [7, 11) is 1.90. The van der Waals surface area contributed by atoms with Crippen LogP contribution in [0.5, 0.6) is 0 Å². The lowest BCUT2D eigenvalue weighted by Gasteiger charge is -2.31. The molecule has 1 aliphatic carbocycles. The van der Waals surface area contributed by atoms with Crippen molar-refractivity contribution >= 4 is 5.96 Å². The number of guanidine groups is 1. The maximum atomic E-state index is 9.42. The van der Waals surface area contributed by atoms with Gasteiger partial charge in [0.25, 0.3) is 0 Å². The number of fused-ring (bicyclic) bond motifs is 5. The fraction of sp³-hybridized carbons (Fsp3) is 0.944. The third-order valence-corrected chi connectivity index (χ3v) is 6.89. The molecule has 5 nitrogen and oxygen atoms in total. The molecule has 1 saturated carbocycles. The van der Waals surface area contributed by atoms with Gasteiger partial charge in [0.1, 0.15) is 0 Å². The van der Waals surface area contributed by atoms with E-state index in [1.54, 1.807) is 0 Å². The zero-order valence-electron chi connectivity index (χ0n) is 14.3. The molecule has 0 spiro atoms. The summed E-state index contributed by atoms with van der Waals surface area (Å²) >= 11 is 0. The number of ether oxygens (including phenoxy) is 1. The van der Waals surface area contributed by atoms with E-state index in [0.29, 0.717) is 30.7 Å². The molecule has 2 N–H and O–H groups in total. The lowest BCUT2D eigenvalue weighted by molar-refractivity contribution is 0.0766. The van der Waals surface area contributed by atoms with Gasteiger partial charge in [-0.2, -0.15) is 0 Å². The average Bonchev–Trinajstić information content (AvgIpc) is 3.30. The molecule has 3 saturated heterocycles. The van der Waals surface area contributed by atoms with Crippen molar-refractivity contribution in [3.05, 3.63) is 0 Å². The largest absolute Gasteiger partial charge is 0.396 e. The van der Waals surface area contributed by atoms with Gasteiger partial charge in [0.15, 0.2) is 5.96 Å². The second kappa shape index (κ2) is 6.25. The molecule has 0 amide bonds. The van der Waals surface area contributed by atoms with Crippen LogP contribution in [0.4, 0.5) is 0 Å². The van der Waals surface area contributed by atoms with Crippen molar-refractivity contribution in [3.63, 3.8) is 0 Å². The summed E-state index contributed by atoms with van der Waals surface area (Å²) in [5, 5.41) is 13.1. The molecular weight excluding hydrogens is 290 g/mol. The highest BCUT2D eigenvalue weighted by Crippen LogP contribution is 2.47. The monoisotopic (exact) mass is 321 g/mol. The van der Waals surface area contributed by atoms with E-state index in [0.717, 1.165) is 32.0 Å². The zero-order valence-corrected chi connectivity index (χ0v) is 14.3. The molecule has 3 aliphatic heterocycles. The van der Waals surface area contributed by atoms with E-state index in [4.69, 9.17) is 4.74 Å². The molecule has 130 valence electrons. The van der Waals surface area contributed by atoms with Gasteiger partial charge in [-0.15, -0.1) is 0 Å². The Morgan fingerprint density at radius 1 is 1.22 bits per heavy atom. The Labute approximate surface area is 139 Å². The fourth-order valence-corrected chi connectivity index (χ4v) is 5.61. The molecule has 23 heavy (non-hydrogen) atoms. The Balaban J connectivity index is 1.36. The number of hydrogen-bond donors (Lipinski definition) is 2. The van der Waals surface area contributed by atoms with Gasteiger partial charge < -0.3 is 20.1 Å². The molecular formula is C18H31N3O2. The maximum Gasteiger partial charge on any atom is 0.193 e. The van der Waals surface area contributed by atoms with Crippen molar-refractivity contribution in [2.24, 2.45) is 22.2 Å². The van der Waals surface area contributed by atoms with Crippen LogP contribution in [0, 0.1) is 17.3 Å². The molecule has 5 heteroatoms. The predicted molar refractivity (Wildman–Crippen MR) is 90.4 cm³/mol. The van der Waals surface area contributed by atoms with E-state index in [-0.39, 0.29) is 5.41 Å². The zero-order chi connectivity index (χ0) is 15.9. The van der Waals surface area contributed by atoms with Gasteiger partial charge in [0.2, 0.25) is 0 Å². The van der Waals surface area contributed by atoms with Gasteiger partial charge in [-0.25, -0.2) is 0 Å². The predicted octanol–water partition coefficient (Wildman–Crippen LogP) is 1.61. The Bertz CT molecular complexity index is 443. The number of hydrogen-bond acceptors (Lipinski definition) is 3. The average molecular weight is 321 g/mol. The van der Waals surface area contributed by atoms with Crippen LogP contribution in [0.1, 0.15) is 44.9 Å². The van der Waals surface area contributed by atoms with Crippen LogP contribution < -0.4 is 5.32 Å². The third kappa shape index (κ3) is 2.76. The van der Waals surface area contributed by atoms with Gasteiger partial charge in [-0.1, -0.05) is 12.8 Å². The molecule has 2 bridgehead atoms. The van der Waals surface area contributed by atoms with Crippen LogP contribution in [0.25, 0.3) is 0 Å². The Morgan fingerprint density at radius 3 is 2.43 bits per heavy atom. The maximum absolute atomic E-state index is 9.42. The molecule has 0 aromatic rings. The normalized spacial score (nSPS) is 38.3. The van der Waals surface area contributed by atoms with Crippen LogP contribution in [0.15, 0.2) is 4.99 Å². The van der Waals surface area contributed by atoms with E-state index in [1.165, 1.54) is 38.5 Å². The summed E-state index contributed by atoms with van der Waals surface area (Å²) < 4.78 is 6.08. The number of aliphatic imine (C=N–C) groups is 1. The summed E-state index contributed by atoms with van der Waals surface area (Å²) in [6, 6.07) is 0. The second-order valence-corrected chi connectivity index (χ2v) is 8.10. The van der Waals surface area contributed by atoms with Crippen molar-refractivity contribution in [3.8, 4) is 0 Å². The van der Waals surface area contributed by atoms with Crippen molar-refractivity contribution in [2.45, 2.75) is 57.2 Å². The van der Waals surface area contributed by atoms with Gasteiger partial charge in [0, 0.05) is 45.1 Å². The molecule has 4 fully saturated rings. The first-order valence-electron chi connectivity index (χ1n) is 9.47. The Hall–Kier alpha value is -0.810. The van der Waals surface area contributed by atoms with Crippen molar-refractivity contribution < 1.29 is 9.84 Å². The van der Waals surface area contributed by atoms with E-state index in [2.05, 4.69) is 15.2 Å². The van der Waals surface area contributed by atoms with Crippen LogP contribution in [-0.4, -0.2) is 61.5 Å². The first-order valence-corrected chi connectivity index (χ1v) is 9.47. The molecule has 0 radical (unpaired) electrons. The van der Waals surface area contributed by atoms with E-state index in [1.807, 2.05) is 7.05 Å². The molecule has 3 heterocycles. The highest BCUT2D eigenvalue weighted by atomic mass is 16.5. The first-order chi connectivity index (χ1) is 11.2. The van der Waals surface area contributed by atoms with Crippen LogP contribution in [0.2, 0.25) is 0 Å². The van der Waals surface area contributed by atoms with Gasteiger partial charge >= 0.3 is 0 Å². The number of nitrogens with one attached hydrogen (secondary N) is 1. The standard InChI is InChI=1S/C18H31N3O2/c1-19-17(20-12-18(8-9-22)6-2-3-7-18)21-10-13-14(11-21)16-5-4-15(13)23-16/h13-16,22H,2-12H2,1H3,(H,19,20). The molecule has 0 aromatic heterocycles. The number of nitrogens with zero attached hydrogens (tertiary/aromatic N) is 2. The summed E-state index contributed by atoms with van der Waals surface area (Å²) in [5.74, 6) is 2.48. The van der Waals surface area contributed by atoms with Crippen molar-refractivity contribution in [2.75, 3.05) is 33.3 Å². The number of aliphatic hydroxyl groups excluding tert-OH is 1. The SMILES string of the molecule is CN=C(NCC1(CCO)CCCC1)N1CC2C3CCC(O3)C2C1. The van der Waals surface area contributed by atoms with E-state index in [9.17, 15) is 5.11 Å². The van der Waals surface area contributed by atoms with Crippen molar-refractivity contribution in [1.29, 1.82) is 0 Å². The van der Waals surface area contributed by atoms with Crippen LogP contribution in [-0.2, 0) is 4.74 Å². The summed E-state index contributed by atoms with van der Waals surface area (Å²) in [5.41, 5.74) is 0.280. The quantitative estimate of drug-likeness (QED) is 0.610. The molecule has 4 atom stereocenters. The minimum Gasteiger partial charge on any atom is -0.396 e. The Kier molecular flexibility index (Phi) is 4.26. The molecule has 4 unspecified atom stereocenters. The van der Waals surface area contributed by atoms with Gasteiger partial charge in [-0.05, 0) is 37.5 Å². The molecule has 4 rings (SSSR count). The van der Waals surface area contributed by atoms with Gasteiger partial charge in [0.05, 0.1) is 12.2 Å². The van der Waals surface area contributed by atoms with Crippen LogP contribution in [0.3, 0.4) is 0 Å². The van der Waals surface area contributed by atoms with Crippen LogP contribution >= 0.6 is 0 Å². The fourth-order valence-electron chi connectivity index (χ4n) is 5.61. The van der Waals surface area contributed by atoms with E-state index >= 15 is 0 Å². The lowest BCUT2D eigenvalue weighted by Crippen LogP contribution is -2.45. The highest BCUT2D eigenvalue weighted by Gasteiger charge is 2.53. The number of likely N-dealkylation sites (tertiary alicyclic amines) is 1. The third-order valence-electron chi connectivity index (χ3n) is 6.89. The Morgan fingerprint density at radius 2 is 1.87 bits per heavy atom. The topological polar surface area (TPSA) is 57.1 Å². The minimum atomic E-state index is 0.280. The smallest absolute Gasteiger partial charge is 0.193 e. The highest BCUT2D eigenvalue weighted by molar-refractivity contribution is 5.80. The number of rotatable bonds is 4. The summed E-state index contributed by atoms with van der Waals surface area (Å²) in [6.45, 7) is 3.45.